The third-order valence-electron chi connectivity index (χ3n) is 4.27. The van der Waals surface area contributed by atoms with Crippen molar-refractivity contribution in [1.29, 1.82) is 0 Å². The SMILES string of the molecule is CC1CN(Cc2ccc3c(Cl)ccnc3c2)C(C=O)C(C)N1. The molecule has 116 valence electrons. The van der Waals surface area contributed by atoms with Gasteiger partial charge in [0.05, 0.1) is 16.6 Å². The van der Waals surface area contributed by atoms with E-state index in [4.69, 9.17) is 11.6 Å². The van der Waals surface area contributed by atoms with Crippen molar-refractivity contribution in [2.75, 3.05) is 6.54 Å². The molecule has 1 aliphatic rings. The molecule has 2 heterocycles. The molecule has 1 aliphatic heterocycles. The second kappa shape index (κ2) is 6.32. The molecule has 2 aromatic rings. The molecule has 0 radical (unpaired) electrons. The monoisotopic (exact) mass is 317 g/mol. The lowest BCUT2D eigenvalue weighted by Gasteiger charge is -2.41. The van der Waals surface area contributed by atoms with Crippen LogP contribution in [0.5, 0.6) is 0 Å². The topological polar surface area (TPSA) is 45.2 Å². The predicted molar refractivity (Wildman–Crippen MR) is 89.1 cm³/mol. The maximum atomic E-state index is 11.4. The fourth-order valence-electron chi connectivity index (χ4n) is 3.26. The van der Waals surface area contributed by atoms with Gasteiger partial charge in [-0.3, -0.25) is 9.88 Å². The molecule has 1 saturated heterocycles. The summed E-state index contributed by atoms with van der Waals surface area (Å²) in [5.74, 6) is 0. The van der Waals surface area contributed by atoms with Crippen molar-refractivity contribution in [3.8, 4) is 0 Å². The average molecular weight is 318 g/mol. The summed E-state index contributed by atoms with van der Waals surface area (Å²) < 4.78 is 0. The van der Waals surface area contributed by atoms with Gasteiger partial charge in [-0.2, -0.15) is 0 Å². The second-order valence-electron chi connectivity index (χ2n) is 6.06. The average Bonchev–Trinajstić information content (AvgIpc) is 2.47. The molecule has 22 heavy (non-hydrogen) atoms. The van der Waals surface area contributed by atoms with Crippen LogP contribution in [-0.4, -0.2) is 40.8 Å². The minimum absolute atomic E-state index is 0.0979. The van der Waals surface area contributed by atoms with E-state index in [9.17, 15) is 4.79 Å². The van der Waals surface area contributed by atoms with E-state index in [0.29, 0.717) is 11.1 Å². The van der Waals surface area contributed by atoms with E-state index in [-0.39, 0.29) is 12.1 Å². The van der Waals surface area contributed by atoms with Gasteiger partial charge < -0.3 is 10.1 Å². The van der Waals surface area contributed by atoms with Gasteiger partial charge in [-0.15, -0.1) is 0 Å². The number of piperazine rings is 1. The van der Waals surface area contributed by atoms with Crippen molar-refractivity contribution in [2.24, 2.45) is 0 Å². The Bertz CT molecular complexity index is 691. The molecule has 5 heteroatoms. The Morgan fingerprint density at radius 1 is 1.41 bits per heavy atom. The van der Waals surface area contributed by atoms with E-state index < -0.39 is 0 Å². The van der Waals surface area contributed by atoms with Crippen LogP contribution in [0.15, 0.2) is 30.5 Å². The van der Waals surface area contributed by atoms with Gasteiger partial charge in [0, 0.05) is 36.8 Å². The van der Waals surface area contributed by atoms with E-state index in [2.05, 4.69) is 41.2 Å². The highest BCUT2D eigenvalue weighted by Gasteiger charge is 2.31. The standard InChI is InChI=1S/C17H20ClN3O/c1-11-8-21(17(10-22)12(2)20-11)9-13-3-4-14-15(18)5-6-19-16(14)7-13/h3-7,10-12,17,20H,8-9H2,1-2H3. The number of pyridine rings is 1. The van der Waals surface area contributed by atoms with E-state index >= 15 is 0 Å². The molecule has 1 aromatic heterocycles. The number of halogens is 1. The van der Waals surface area contributed by atoms with Crippen LogP contribution in [0.1, 0.15) is 19.4 Å². The number of nitrogens with one attached hydrogen (secondary N) is 1. The first-order chi connectivity index (χ1) is 10.6. The number of aromatic nitrogens is 1. The summed E-state index contributed by atoms with van der Waals surface area (Å²) in [6.45, 7) is 5.80. The minimum atomic E-state index is -0.0979. The number of hydrogen-bond acceptors (Lipinski definition) is 4. The molecule has 0 bridgehead atoms. The number of hydrogen-bond donors (Lipinski definition) is 1. The molecule has 3 unspecified atom stereocenters. The summed E-state index contributed by atoms with van der Waals surface area (Å²) in [5, 5.41) is 5.11. The molecule has 0 saturated carbocycles. The van der Waals surface area contributed by atoms with Crippen molar-refractivity contribution in [2.45, 2.75) is 38.5 Å². The zero-order valence-corrected chi connectivity index (χ0v) is 13.5. The van der Waals surface area contributed by atoms with Crippen LogP contribution in [0.25, 0.3) is 10.9 Å². The van der Waals surface area contributed by atoms with Gasteiger partial charge in [-0.05, 0) is 31.5 Å². The van der Waals surface area contributed by atoms with E-state index in [1.165, 1.54) is 0 Å². The second-order valence-corrected chi connectivity index (χ2v) is 6.46. The van der Waals surface area contributed by atoms with Gasteiger partial charge in [-0.25, -0.2) is 0 Å². The summed E-state index contributed by atoms with van der Waals surface area (Å²) in [6, 6.07) is 8.36. The lowest BCUT2D eigenvalue weighted by molar-refractivity contribution is -0.114. The maximum absolute atomic E-state index is 11.4. The Morgan fingerprint density at radius 2 is 2.23 bits per heavy atom. The molecule has 1 fully saturated rings. The number of benzene rings is 1. The quantitative estimate of drug-likeness (QED) is 0.884. The van der Waals surface area contributed by atoms with Crippen molar-refractivity contribution < 1.29 is 4.79 Å². The molecule has 4 nitrogen and oxygen atoms in total. The lowest BCUT2D eigenvalue weighted by Crippen LogP contribution is -2.60. The van der Waals surface area contributed by atoms with E-state index in [1.54, 1.807) is 12.3 Å². The molecular weight excluding hydrogens is 298 g/mol. The van der Waals surface area contributed by atoms with Crippen LogP contribution in [-0.2, 0) is 11.3 Å². The highest BCUT2D eigenvalue weighted by Crippen LogP contribution is 2.23. The fourth-order valence-corrected chi connectivity index (χ4v) is 3.47. The summed E-state index contributed by atoms with van der Waals surface area (Å²) in [7, 11) is 0. The normalized spacial score (nSPS) is 26.2. The number of nitrogens with zero attached hydrogens (tertiary/aromatic N) is 2. The van der Waals surface area contributed by atoms with Crippen molar-refractivity contribution in [1.82, 2.24) is 15.2 Å². The summed E-state index contributed by atoms with van der Waals surface area (Å²) in [4.78, 5) is 18.0. The van der Waals surface area contributed by atoms with Gasteiger partial charge in [-0.1, -0.05) is 23.7 Å². The van der Waals surface area contributed by atoms with Gasteiger partial charge >= 0.3 is 0 Å². The maximum Gasteiger partial charge on any atom is 0.138 e. The van der Waals surface area contributed by atoms with Crippen LogP contribution in [0.2, 0.25) is 5.02 Å². The largest absolute Gasteiger partial charge is 0.308 e. The third-order valence-corrected chi connectivity index (χ3v) is 4.60. The Labute approximate surface area is 135 Å². The third kappa shape index (κ3) is 3.00. The minimum Gasteiger partial charge on any atom is -0.308 e. The van der Waals surface area contributed by atoms with E-state index in [1.807, 2.05) is 6.07 Å². The van der Waals surface area contributed by atoms with Crippen LogP contribution < -0.4 is 5.32 Å². The lowest BCUT2D eigenvalue weighted by atomic mass is 10.0. The first-order valence-electron chi connectivity index (χ1n) is 7.57. The van der Waals surface area contributed by atoms with Gasteiger partial charge in [0.1, 0.15) is 6.29 Å². The molecule has 0 amide bonds. The van der Waals surface area contributed by atoms with E-state index in [0.717, 1.165) is 35.8 Å². The summed E-state index contributed by atoms with van der Waals surface area (Å²) >= 11 is 6.18. The zero-order valence-electron chi connectivity index (χ0n) is 12.8. The molecular formula is C17H20ClN3O. The number of carbonyl (C=O) groups is 1. The van der Waals surface area contributed by atoms with Crippen molar-refractivity contribution >= 4 is 28.8 Å². The number of fused-ring (bicyclic) bond motifs is 1. The number of aldehydes is 1. The molecule has 0 spiro atoms. The Hall–Kier alpha value is -1.49. The highest BCUT2D eigenvalue weighted by molar-refractivity contribution is 6.35. The van der Waals surface area contributed by atoms with Crippen molar-refractivity contribution in [3.05, 3.63) is 41.0 Å². The van der Waals surface area contributed by atoms with Crippen molar-refractivity contribution in [3.63, 3.8) is 0 Å². The van der Waals surface area contributed by atoms with Crippen LogP contribution >= 0.6 is 11.6 Å². The van der Waals surface area contributed by atoms with Gasteiger partial charge in [0.15, 0.2) is 0 Å². The van der Waals surface area contributed by atoms with Gasteiger partial charge in [0.25, 0.3) is 0 Å². The molecule has 3 rings (SSSR count). The smallest absolute Gasteiger partial charge is 0.138 e. The Morgan fingerprint density at radius 3 is 3.00 bits per heavy atom. The first-order valence-corrected chi connectivity index (χ1v) is 7.95. The highest BCUT2D eigenvalue weighted by atomic mass is 35.5. The fraction of sp³-hybridized carbons (Fsp3) is 0.412. The summed E-state index contributed by atoms with van der Waals surface area (Å²) in [6.07, 6.45) is 2.76. The number of rotatable bonds is 3. The van der Waals surface area contributed by atoms with Crippen LogP contribution in [0.3, 0.4) is 0 Å². The van der Waals surface area contributed by atoms with Gasteiger partial charge in [0.2, 0.25) is 0 Å². The molecule has 0 aliphatic carbocycles. The Balaban J connectivity index is 1.86. The molecule has 1 N–H and O–H groups in total. The molecule has 3 atom stereocenters. The number of carbonyl (C=O) groups excluding carboxylic acids is 1. The zero-order chi connectivity index (χ0) is 15.7. The Kier molecular flexibility index (Phi) is 4.43. The summed E-state index contributed by atoms with van der Waals surface area (Å²) in [5.41, 5.74) is 2.04. The van der Waals surface area contributed by atoms with Crippen LogP contribution in [0.4, 0.5) is 0 Å². The first kappa shape index (κ1) is 15.4. The van der Waals surface area contributed by atoms with Crippen LogP contribution in [0, 0.1) is 0 Å². The molecule has 1 aromatic carbocycles. The predicted octanol–water partition coefficient (Wildman–Crippen LogP) is 2.64.